The third-order valence-corrected chi connectivity index (χ3v) is 6.07. The SMILES string of the molecule is c1ccc(-c2cccc(-c3c4ccccc4c(-c4ccccc4)c4ccccc34)n2)cc1. The highest BCUT2D eigenvalue weighted by Crippen LogP contribution is 2.43. The highest BCUT2D eigenvalue weighted by molar-refractivity contribution is 6.21. The molecule has 0 fully saturated rings. The first kappa shape index (κ1) is 18.5. The van der Waals surface area contributed by atoms with Gasteiger partial charge in [0, 0.05) is 11.1 Å². The van der Waals surface area contributed by atoms with E-state index in [1.165, 1.54) is 38.2 Å². The van der Waals surface area contributed by atoms with Crippen molar-refractivity contribution < 1.29 is 0 Å². The van der Waals surface area contributed by atoms with Gasteiger partial charge in [0.15, 0.2) is 0 Å². The molecule has 32 heavy (non-hydrogen) atoms. The van der Waals surface area contributed by atoms with Crippen LogP contribution in [-0.4, -0.2) is 4.98 Å². The Balaban J connectivity index is 1.71. The van der Waals surface area contributed by atoms with Crippen molar-refractivity contribution in [1.82, 2.24) is 4.98 Å². The second-order valence-corrected chi connectivity index (χ2v) is 7.98. The first-order chi connectivity index (χ1) is 15.9. The fourth-order valence-corrected chi connectivity index (χ4v) is 4.66. The number of benzene rings is 5. The molecule has 0 aliphatic carbocycles. The first-order valence-corrected chi connectivity index (χ1v) is 10.9. The Morgan fingerprint density at radius 2 is 0.750 bits per heavy atom. The van der Waals surface area contributed by atoms with Crippen LogP contribution in [0.15, 0.2) is 127 Å². The molecule has 0 spiro atoms. The summed E-state index contributed by atoms with van der Waals surface area (Å²) in [5, 5.41) is 4.95. The van der Waals surface area contributed by atoms with Crippen molar-refractivity contribution in [3.63, 3.8) is 0 Å². The minimum absolute atomic E-state index is 0.989. The molecule has 5 aromatic carbocycles. The zero-order valence-corrected chi connectivity index (χ0v) is 17.6. The highest BCUT2D eigenvalue weighted by atomic mass is 14.7. The van der Waals surface area contributed by atoms with Crippen LogP contribution < -0.4 is 0 Å². The molecule has 6 aromatic rings. The van der Waals surface area contributed by atoms with Crippen molar-refractivity contribution in [3.8, 4) is 33.6 Å². The van der Waals surface area contributed by atoms with E-state index in [1.54, 1.807) is 0 Å². The molecule has 0 unspecified atom stereocenters. The standard InChI is InChI=1S/C31H21N/c1-3-12-22(13-4-1)28-20-11-21-29(32-28)31-26-18-9-7-16-24(26)30(23-14-5-2-6-15-23)25-17-8-10-19-27(25)31/h1-21H. The third-order valence-electron chi connectivity index (χ3n) is 6.07. The van der Waals surface area contributed by atoms with Gasteiger partial charge in [-0.1, -0.05) is 115 Å². The fraction of sp³-hybridized carbons (Fsp3) is 0. The number of aromatic nitrogens is 1. The van der Waals surface area contributed by atoms with E-state index in [0.29, 0.717) is 0 Å². The van der Waals surface area contributed by atoms with Crippen LogP contribution in [0.3, 0.4) is 0 Å². The van der Waals surface area contributed by atoms with Crippen molar-refractivity contribution >= 4 is 21.5 Å². The van der Waals surface area contributed by atoms with Crippen LogP contribution in [0.4, 0.5) is 0 Å². The minimum atomic E-state index is 0.989. The Kier molecular flexibility index (Phi) is 4.51. The van der Waals surface area contributed by atoms with Crippen LogP contribution in [0.1, 0.15) is 0 Å². The lowest BCUT2D eigenvalue weighted by molar-refractivity contribution is 1.33. The van der Waals surface area contributed by atoms with Crippen molar-refractivity contribution in [2.24, 2.45) is 0 Å². The minimum Gasteiger partial charge on any atom is -0.248 e. The summed E-state index contributed by atoms with van der Waals surface area (Å²) in [5.41, 5.74) is 6.82. The molecule has 0 aliphatic heterocycles. The summed E-state index contributed by atoms with van der Waals surface area (Å²) in [6.45, 7) is 0. The number of fused-ring (bicyclic) bond motifs is 2. The summed E-state index contributed by atoms with van der Waals surface area (Å²) in [7, 11) is 0. The summed E-state index contributed by atoms with van der Waals surface area (Å²) < 4.78 is 0. The van der Waals surface area contributed by atoms with E-state index < -0.39 is 0 Å². The maximum atomic E-state index is 5.12. The molecule has 1 heteroatoms. The van der Waals surface area contributed by atoms with E-state index in [1.807, 2.05) is 6.07 Å². The van der Waals surface area contributed by atoms with Crippen LogP contribution in [0.25, 0.3) is 55.2 Å². The molecular formula is C31H21N. The van der Waals surface area contributed by atoms with Gasteiger partial charge in [0.25, 0.3) is 0 Å². The van der Waals surface area contributed by atoms with Crippen molar-refractivity contribution in [2.75, 3.05) is 0 Å². The Labute approximate surface area is 187 Å². The summed E-state index contributed by atoms with van der Waals surface area (Å²) in [4.78, 5) is 5.12. The molecule has 0 bridgehead atoms. The fourth-order valence-electron chi connectivity index (χ4n) is 4.66. The summed E-state index contributed by atoms with van der Waals surface area (Å²) in [5.74, 6) is 0. The van der Waals surface area contributed by atoms with Crippen molar-refractivity contribution in [1.29, 1.82) is 0 Å². The van der Waals surface area contributed by atoms with Gasteiger partial charge >= 0.3 is 0 Å². The molecule has 0 atom stereocenters. The lowest BCUT2D eigenvalue weighted by Crippen LogP contribution is -1.93. The quantitative estimate of drug-likeness (QED) is 0.268. The molecule has 1 nitrogen and oxygen atoms in total. The number of hydrogen-bond donors (Lipinski definition) is 0. The van der Waals surface area contributed by atoms with Crippen LogP contribution >= 0.6 is 0 Å². The second-order valence-electron chi connectivity index (χ2n) is 7.98. The van der Waals surface area contributed by atoms with Crippen LogP contribution in [0.5, 0.6) is 0 Å². The summed E-state index contributed by atoms with van der Waals surface area (Å²) in [6.07, 6.45) is 0. The van der Waals surface area contributed by atoms with E-state index in [-0.39, 0.29) is 0 Å². The first-order valence-electron chi connectivity index (χ1n) is 10.9. The van der Waals surface area contributed by atoms with E-state index in [2.05, 4.69) is 121 Å². The topological polar surface area (TPSA) is 12.9 Å². The molecule has 0 saturated carbocycles. The Morgan fingerprint density at radius 3 is 1.31 bits per heavy atom. The zero-order chi connectivity index (χ0) is 21.3. The molecule has 1 heterocycles. The molecule has 0 N–H and O–H groups in total. The Hall–Kier alpha value is -4.23. The zero-order valence-electron chi connectivity index (χ0n) is 17.6. The predicted octanol–water partition coefficient (Wildman–Crippen LogP) is 8.39. The second kappa shape index (κ2) is 7.79. The summed E-state index contributed by atoms with van der Waals surface area (Å²) in [6, 6.07) is 44.8. The van der Waals surface area contributed by atoms with Gasteiger partial charge in [0.05, 0.1) is 11.4 Å². The lowest BCUT2D eigenvalue weighted by Gasteiger charge is -2.17. The van der Waals surface area contributed by atoms with Gasteiger partial charge < -0.3 is 0 Å². The van der Waals surface area contributed by atoms with Gasteiger partial charge in [-0.25, -0.2) is 4.98 Å². The smallest absolute Gasteiger partial charge is 0.0722 e. The highest BCUT2D eigenvalue weighted by Gasteiger charge is 2.17. The van der Waals surface area contributed by atoms with Gasteiger partial charge in [-0.2, -0.15) is 0 Å². The molecule has 0 aliphatic rings. The van der Waals surface area contributed by atoms with Gasteiger partial charge in [0.2, 0.25) is 0 Å². The van der Waals surface area contributed by atoms with E-state index >= 15 is 0 Å². The largest absolute Gasteiger partial charge is 0.248 e. The lowest BCUT2D eigenvalue weighted by atomic mass is 9.87. The maximum Gasteiger partial charge on any atom is 0.0722 e. The average molecular weight is 408 g/mol. The number of pyridine rings is 1. The van der Waals surface area contributed by atoms with Crippen LogP contribution in [0, 0.1) is 0 Å². The molecule has 150 valence electrons. The molecule has 6 rings (SSSR count). The summed E-state index contributed by atoms with van der Waals surface area (Å²) >= 11 is 0. The van der Waals surface area contributed by atoms with E-state index in [0.717, 1.165) is 17.0 Å². The van der Waals surface area contributed by atoms with Crippen LogP contribution in [-0.2, 0) is 0 Å². The maximum absolute atomic E-state index is 5.12. The van der Waals surface area contributed by atoms with Gasteiger partial charge in [-0.15, -0.1) is 0 Å². The van der Waals surface area contributed by atoms with Gasteiger partial charge in [-0.05, 0) is 44.8 Å². The van der Waals surface area contributed by atoms with Crippen molar-refractivity contribution in [2.45, 2.75) is 0 Å². The van der Waals surface area contributed by atoms with E-state index in [9.17, 15) is 0 Å². The van der Waals surface area contributed by atoms with Gasteiger partial charge in [-0.3, -0.25) is 0 Å². The molecule has 0 radical (unpaired) electrons. The number of hydrogen-bond acceptors (Lipinski definition) is 1. The molecule has 0 amide bonds. The molecular weight excluding hydrogens is 386 g/mol. The number of nitrogens with zero attached hydrogens (tertiary/aromatic N) is 1. The monoisotopic (exact) mass is 407 g/mol. The van der Waals surface area contributed by atoms with Crippen LogP contribution in [0.2, 0.25) is 0 Å². The Morgan fingerprint density at radius 1 is 0.312 bits per heavy atom. The molecule has 1 aromatic heterocycles. The average Bonchev–Trinajstić information content (AvgIpc) is 2.88. The van der Waals surface area contributed by atoms with Gasteiger partial charge in [0.1, 0.15) is 0 Å². The Bertz CT molecular complexity index is 1490. The van der Waals surface area contributed by atoms with Crippen molar-refractivity contribution in [3.05, 3.63) is 127 Å². The normalized spacial score (nSPS) is 11.1. The number of rotatable bonds is 3. The van der Waals surface area contributed by atoms with E-state index in [4.69, 9.17) is 4.98 Å². The molecule has 0 saturated heterocycles. The third kappa shape index (κ3) is 3.07. The predicted molar refractivity (Wildman–Crippen MR) is 136 cm³/mol.